The van der Waals surface area contributed by atoms with Crippen LogP contribution < -0.4 is 10.2 Å². The predicted octanol–water partition coefficient (Wildman–Crippen LogP) is 5.39. The maximum Gasteiger partial charge on any atom is 0.264 e. The molecule has 1 N–H and O–H groups in total. The molecule has 0 aliphatic carbocycles. The molecule has 0 atom stereocenters. The topological polar surface area (TPSA) is 44.7 Å². The van der Waals surface area contributed by atoms with Crippen molar-refractivity contribution in [2.45, 2.75) is 19.8 Å². The molecule has 4 nitrogen and oxygen atoms in total. The molecule has 7 heteroatoms. The van der Waals surface area contributed by atoms with Crippen molar-refractivity contribution in [3.05, 3.63) is 62.7 Å². The summed E-state index contributed by atoms with van der Waals surface area (Å²) in [4.78, 5) is 19.4. The van der Waals surface area contributed by atoms with Crippen LogP contribution in [0.25, 0.3) is 6.08 Å². The smallest absolute Gasteiger partial charge is 0.264 e. The van der Waals surface area contributed by atoms with Crippen LogP contribution in [0.15, 0.2) is 50.8 Å². The number of amides is 1. The quantitative estimate of drug-likeness (QED) is 0.625. The number of hydrogen-bond donors (Lipinski definition) is 1. The molecule has 4 rings (SSSR count). The minimum absolute atomic E-state index is 0.218. The Hall–Kier alpha value is -2.12. The van der Waals surface area contributed by atoms with Crippen molar-refractivity contribution >= 4 is 56.2 Å². The maximum absolute atomic E-state index is 14.6. The van der Waals surface area contributed by atoms with Crippen LogP contribution >= 0.6 is 27.7 Å². The molecule has 2 aliphatic heterocycles. The third-order valence-electron chi connectivity index (χ3n) is 4.78. The summed E-state index contributed by atoms with van der Waals surface area (Å²) in [6, 6.07) is 10.9. The highest BCUT2D eigenvalue weighted by atomic mass is 79.9. The van der Waals surface area contributed by atoms with E-state index in [0.717, 1.165) is 41.7 Å². The Morgan fingerprint density at radius 2 is 1.93 bits per heavy atom. The van der Waals surface area contributed by atoms with E-state index >= 15 is 0 Å². The molecule has 0 unspecified atom stereocenters. The lowest BCUT2D eigenvalue weighted by atomic mass is 10.1. The van der Waals surface area contributed by atoms with Crippen molar-refractivity contribution in [3.63, 3.8) is 0 Å². The van der Waals surface area contributed by atoms with Crippen LogP contribution in [0.2, 0.25) is 0 Å². The minimum atomic E-state index is -0.244. The van der Waals surface area contributed by atoms with Gasteiger partial charge in [-0.2, -0.15) is 0 Å². The number of benzene rings is 2. The second-order valence-electron chi connectivity index (χ2n) is 6.81. The molecule has 0 saturated carbocycles. The average molecular weight is 460 g/mol. The third-order valence-corrected chi connectivity index (χ3v) is 6.22. The summed E-state index contributed by atoms with van der Waals surface area (Å²) in [5, 5.41) is 3.29. The standard InChI is InChI=1S/C21H19BrFN3OS/c1-13-10-18(26-8-2-3-9-26)17(23)11-14(13)12-19-20(27)25-21(28-19)24-16-6-4-15(22)5-7-16/h4-7,10-12H,2-3,8-9H2,1H3,(H,24,25,27). The Labute approximate surface area is 176 Å². The van der Waals surface area contributed by atoms with Gasteiger partial charge in [0.05, 0.1) is 16.3 Å². The van der Waals surface area contributed by atoms with Crippen LogP contribution in [0.1, 0.15) is 24.0 Å². The van der Waals surface area contributed by atoms with Crippen molar-refractivity contribution in [2.24, 2.45) is 4.99 Å². The highest BCUT2D eigenvalue weighted by Crippen LogP contribution is 2.32. The lowest BCUT2D eigenvalue weighted by Gasteiger charge is -2.19. The number of amidine groups is 1. The van der Waals surface area contributed by atoms with E-state index in [-0.39, 0.29) is 11.7 Å². The Balaban J connectivity index is 1.57. The zero-order valence-corrected chi connectivity index (χ0v) is 17.7. The van der Waals surface area contributed by atoms with Gasteiger partial charge in [-0.15, -0.1) is 0 Å². The first kappa shape index (κ1) is 19.2. The van der Waals surface area contributed by atoms with Crippen molar-refractivity contribution < 1.29 is 9.18 Å². The molecule has 2 saturated heterocycles. The summed E-state index contributed by atoms with van der Waals surface area (Å²) in [5.41, 5.74) is 3.06. The number of halogens is 2. The molecule has 28 heavy (non-hydrogen) atoms. The number of hydrogen-bond acceptors (Lipinski definition) is 4. The van der Waals surface area contributed by atoms with Gasteiger partial charge >= 0.3 is 0 Å². The molecule has 2 fully saturated rings. The molecule has 2 aliphatic rings. The van der Waals surface area contributed by atoms with Gasteiger partial charge in [-0.05, 0) is 85.1 Å². The number of thioether (sulfide) groups is 1. The van der Waals surface area contributed by atoms with Crippen LogP contribution in [0.3, 0.4) is 0 Å². The molecule has 0 aromatic heterocycles. The number of carbonyl (C=O) groups is 1. The highest BCUT2D eigenvalue weighted by molar-refractivity contribution is 9.10. The molecule has 1 amide bonds. The summed E-state index contributed by atoms with van der Waals surface area (Å²) in [7, 11) is 0. The molecule has 0 spiro atoms. The number of nitrogens with zero attached hydrogens (tertiary/aromatic N) is 2. The molecular formula is C21H19BrFN3OS. The third kappa shape index (κ3) is 4.15. The first-order chi connectivity index (χ1) is 13.5. The Morgan fingerprint density at radius 3 is 2.64 bits per heavy atom. The van der Waals surface area contributed by atoms with Gasteiger partial charge in [-0.1, -0.05) is 15.9 Å². The number of nitrogens with one attached hydrogen (secondary N) is 1. The maximum atomic E-state index is 14.6. The lowest BCUT2D eigenvalue weighted by Crippen LogP contribution is -2.19. The van der Waals surface area contributed by atoms with Crippen molar-refractivity contribution in [2.75, 3.05) is 18.0 Å². The fourth-order valence-corrected chi connectivity index (χ4v) is 4.39. The van der Waals surface area contributed by atoms with E-state index in [1.165, 1.54) is 17.8 Å². The normalized spacial score (nSPS) is 19.7. The summed E-state index contributed by atoms with van der Waals surface area (Å²) in [6.45, 7) is 3.73. The summed E-state index contributed by atoms with van der Waals surface area (Å²) >= 11 is 4.65. The van der Waals surface area contributed by atoms with Crippen LogP contribution in [0.5, 0.6) is 0 Å². The van der Waals surface area contributed by atoms with Gasteiger partial charge in [0.15, 0.2) is 5.17 Å². The average Bonchev–Trinajstić information content (AvgIpc) is 3.30. The van der Waals surface area contributed by atoms with Crippen molar-refractivity contribution in [1.29, 1.82) is 0 Å². The molecule has 2 aromatic rings. The molecule has 144 valence electrons. The van der Waals surface area contributed by atoms with E-state index < -0.39 is 0 Å². The van der Waals surface area contributed by atoms with Gasteiger partial charge in [-0.3, -0.25) is 4.79 Å². The van der Waals surface area contributed by atoms with E-state index in [0.29, 0.717) is 21.3 Å². The largest absolute Gasteiger partial charge is 0.369 e. The van der Waals surface area contributed by atoms with Crippen LogP contribution in [0.4, 0.5) is 15.8 Å². The number of anilines is 1. The van der Waals surface area contributed by atoms with Gasteiger partial charge in [0, 0.05) is 17.6 Å². The van der Waals surface area contributed by atoms with Gasteiger partial charge in [-0.25, -0.2) is 9.38 Å². The van der Waals surface area contributed by atoms with E-state index in [1.807, 2.05) is 37.3 Å². The second kappa shape index (κ2) is 8.09. The molecule has 2 heterocycles. The zero-order chi connectivity index (χ0) is 19.7. The van der Waals surface area contributed by atoms with Crippen LogP contribution in [0, 0.1) is 12.7 Å². The van der Waals surface area contributed by atoms with Crippen LogP contribution in [-0.4, -0.2) is 24.2 Å². The Bertz CT molecular complexity index is 982. The van der Waals surface area contributed by atoms with Crippen LogP contribution in [-0.2, 0) is 4.79 Å². The van der Waals surface area contributed by atoms with E-state index in [2.05, 4.69) is 31.1 Å². The number of aryl methyl sites for hydroxylation is 1. The summed E-state index contributed by atoms with van der Waals surface area (Å²) in [5.74, 6) is -0.462. The van der Waals surface area contributed by atoms with E-state index in [1.54, 1.807) is 6.08 Å². The van der Waals surface area contributed by atoms with Gasteiger partial charge in [0.25, 0.3) is 5.91 Å². The molecule has 0 radical (unpaired) electrons. The Morgan fingerprint density at radius 1 is 1.21 bits per heavy atom. The monoisotopic (exact) mass is 459 g/mol. The van der Waals surface area contributed by atoms with Gasteiger partial charge in [0.1, 0.15) is 5.82 Å². The number of rotatable bonds is 3. The van der Waals surface area contributed by atoms with Gasteiger partial charge < -0.3 is 10.2 Å². The summed E-state index contributed by atoms with van der Waals surface area (Å²) < 4.78 is 15.6. The van der Waals surface area contributed by atoms with Gasteiger partial charge in [0.2, 0.25) is 0 Å². The molecular weight excluding hydrogens is 441 g/mol. The molecule has 0 bridgehead atoms. The minimum Gasteiger partial charge on any atom is -0.369 e. The summed E-state index contributed by atoms with van der Waals surface area (Å²) in [6.07, 6.45) is 3.93. The van der Waals surface area contributed by atoms with Crippen molar-refractivity contribution in [3.8, 4) is 0 Å². The highest BCUT2D eigenvalue weighted by Gasteiger charge is 2.24. The first-order valence-electron chi connectivity index (χ1n) is 9.10. The van der Waals surface area contributed by atoms with Crippen molar-refractivity contribution in [1.82, 2.24) is 5.32 Å². The van der Waals surface area contributed by atoms with E-state index in [9.17, 15) is 9.18 Å². The fourth-order valence-electron chi connectivity index (χ4n) is 3.29. The SMILES string of the molecule is Cc1cc(N2CCCC2)c(F)cc1C=C1SC(=Nc2ccc(Br)cc2)NC1=O. The zero-order valence-electron chi connectivity index (χ0n) is 15.3. The van der Waals surface area contributed by atoms with E-state index in [4.69, 9.17) is 0 Å². The first-order valence-corrected chi connectivity index (χ1v) is 10.7. The second-order valence-corrected chi connectivity index (χ2v) is 8.76. The fraction of sp³-hybridized carbons (Fsp3) is 0.238. The lowest BCUT2D eigenvalue weighted by molar-refractivity contribution is -0.115. The predicted molar refractivity (Wildman–Crippen MR) is 118 cm³/mol. The number of aliphatic imine (C=N–C) groups is 1. The molecule has 2 aromatic carbocycles. The number of carbonyl (C=O) groups excluding carboxylic acids is 1. The Kier molecular flexibility index (Phi) is 5.55.